The number of benzene rings is 3. The van der Waals surface area contributed by atoms with E-state index in [4.69, 9.17) is 0 Å². The van der Waals surface area contributed by atoms with Gasteiger partial charge in [-0.2, -0.15) is 0 Å². The van der Waals surface area contributed by atoms with E-state index in [1.54, 1.807) is 0 Å². The van der Waals surface area contributed by atoms with Crippen LogP contribution in [0.2, 0.25) is 0 Å². The Balaban J connectivity index is 1.73. The Morgan fingerprint density at radius 3 is 2.65 bits per heavy atom. The van der Waals surface area contributed by atoms with Crippen LogP contribution >= 0.6 is 0 Å². The van der Waals surface area contributed by atoms with Crippen molar-refractivity contribution in [2.75, 3.05) is 0 Å². The van der Waals surface area contributed by atoms with Gasteiger partial charge in [0.05, 0.1) is 0 Å². The van der Waals surface area contributed by atoms with Crippen molar-refractivity contribution in [2.24, 2.45) is 0 Å². The standard InChI is InChI=1S/C19H17N/c1-3-10-17-14(6-1)8-5-9-15(17)12-19-18-11-4-2-7-16(18)13-20-19/h1-11,19-20H,12-13H2. The molecule has 1 heteroatoms. The van der Waals surface area contributed by atoms with Gasteiger partial charge in [-0.25, -0.2) is 0 Å². The van der Waals surface area contributed by atoms with E-state index in [0.29, 0.717) is 6.04 Å². The zero-order chi connectivity index (χ0) is 13.4. The molecule has 1 N–H and O–H groups in total. The molecule has 3 aromatic rings. The first-order chi connectivity index (χ1) is 9.92. The highest BCUT2D eigenvalue weighted by Gasteiger charge is 2.21. The van der Waals surface area contributed by atoms with E-state index in [1.807, 2.05) is 0 Å². The lowest BCUT2D eigenvalue weighted by molar-refractivity contribution is 0.582. The van der Waals surface area contributed by atoms with E-state index < -0.39 is 0 Å². The summed E-state index contributed by atoms with van der Waals surface area (Å²) in [6.07, 6.45) is 1.05. The summed E-state index contributed by atoms with van der Waals surface area (Å²) in [6.45, 7) is 0.992. The van der Waals surface area contributed by atoms with Gasteiger partial charge in [0.15, 0.2) is 0 Å². The van der Waals surface area contributed by atoms with Gasteiger partial charge in [-0.05, 0) is 33.9 Å². The third-order valence-corrected chi connectivity index (χ3v) is 4.27. The van der Waals surface area contributed by atoms with Crippen LogP contribution in [0.25, 0.3) is 10.8 Å². The molecular formula is C19H17N. The zero-order valence-electron chi connectivity index (χ0n) is 11.3. The summed E-state index contributed by atoms with van der Waals surface area (Å²) in [5.41, 5.74) is 4.33. The molecule has 0 aliphatic carbocycles. The molecule has 0 saturated heterocycles. The van der Waals surface area contributed by atoms with Gasteiger partial charge >= 0.3 is 0 Å². The molecule has 4 rings (SSSR count). The van der Waals surface area contributed by atoms with Crippen molar-refractivity contribution in [3.05, 3.63) is 83.4 Å². The van der Waals surface area contributed by atoms with Crippen LogP contribution in [0.15, 0.2) is 66.7 Å². The molecule has 0 saturated carbocycles. The van der Waals surface area contributed by atoms with Crippen LogP contribution in [0.1, 0.15) is 22.7 Å². The smallest absolute Gasteiger partial charge is 0.0367 e. The normalized spacial score (nSPS) is 17.3. The molecule has 3 aromatic carbocycles. The van der Waals surface area contributed by atoms with Crippen LogP contribution in [-0.4, -0.2) is 0 Å². The van der Waals surface area contributed by atoms with E-state index in [0.717, 1.165) is 13.0 Å². The van der Waals surface area contributed by atoms with Crippen molar-refractivity contribution in [1.29, 1.82) is 0 Å². The minimum Gasteiger partial charge on any atom is -0.306 e. The number of hydrogen-bond donors (Lipinski definition) is 1. The first-order valence-corrected chi connectivity index (χ1v) is 7.19. The molecule has 1 nitrogen and oxygen atoms in total. The summed E-state index contributed by atoms with van der Waals surface area (Å²) in [5, 5.41) is 6.34. The average Bonchev–Trinajstić information content (AvgIpc) is 2.91. The van der Waals surface area contributed by atoms with Crippen molar-refractivity contribution in [3.8, 4) is 0 Å². The fourth-order valence-electron chi connectivity index (χ4n) is 3.25. The minimum atomic E-state index is 0.442. The Bertz CT molecular complexity index is 755. The van der Waals surface area contributed by atoms with E-state index in [9.17, 15) is 0 Å². The maximum absolute atomic E-state index is 3.64. The highest BCUT2D eigenvalue weighted by molar-refractivity contribution is 5.85. The van der Waals surface area contributed by atoms with Gasteiger partial charge < -0.3 is 5.32 Å². The first-order valence-electron chi connectivity index (χ1n) is 7.19. The third-order valence-electron chi connectivity index (χ3n) is 4.27. The molecule has 1 heterocycles. The highest BCUT2D eigenvalue weighted by Crippen LogP contribution is 2.30. The fourth-order valence-corrected chi connectivity index (χ4v) is 3.25. The molecule has 0 spiro atoms. The van der Waals surface area contributed by atoms with Gasteiger partial charge in [0.25, 0.3) is 0 Å². The summed E-state index contributed by atoms with van der Waals surface area (Å²) in [5.74, 6) is 0. The molecule has 0 bridgehead atoms. The van der Waals surface area contributed by atoms with E-state index >= 15 is 0 Å². The molecule has 0 fully saturated rings. The van der Waals surface area contributed by atoms with E-state index in [-0.39, 0.29) is 0 Å². The number of fused-ring (bicyclic) bond motifs is 2. The van der Waals surface area contributed by atoms with Gasteiger partial charge in [0.2, 0.25) is 0 Å². The fraction of sp³-hybridized carbons (Fsp3) is 0.158. The minimum absolute atomic E-state index is 0.442. The lowest BCUT2D eigenvalue weighted by Gasteiger charge is -2.14. The second kappa shape index (κ2) is 4.77. The van der Waals surface area contributed by atoms with Crippen LogP contribution in [0.5, 0.6) is 0 Å². The number of hydrogen-bond acceptors (Lipinski definition) is 1. The van der Waals surface area contributed by atoms with Crippen LogP contribution in [0.3, 0.4) is 0 Å². The predicted octanol–water partition coefficient (Wildman–Crippen LogP) is 4.23. The predicted molar refractivity (Wildman–Crippen MR) is 83.7 cm³/mol. The maximum atomic E-state index is 3.64. The zero-order valence-corrected chi connectivity index (χ0v) is 11.3. The number of nitrogens with one attached hydrogen (secondary N) is 1. The summed E-state index contributed by atoms with van der Waals surface area (Å²) in [4.78, 5) is 0. The van der Waals surface area contributed by atoms with Crippen molar-refractivity contribution in [3.63, 3.8) is 0 Å². The van der Waals surface area contributed by atoms with E-state index in [1.165, 1.54) is 27.5 Å². The summed E-state index contributed by atoms with van der Waals surface area (Å²) in [6, 6.07) is 24.5. The molecule has 0 aromatic heterocycles. The van der Waals surface area contributed by atoms with Crippen molar-refractivity contribution < 1.29 is 0 Å². The molecule has 1 aliphatic rings. The van der Waals surface area contributed by atoms with Gasteiger partial charge in [-0.3, -0.25) is 0 Å². The molecule has 0 radical (unpaired) electrons. The van der Waals surface area contributed by atoms with Crippen molar-refractivity contribution in [1.82, 2.24) is 5.32 Å². The van der Waals surface area contributed by atoms with Gasteiger partial charge in [-0.1, -0.05) is 66.7 Å². The molecule has 20 heavy (non-hydrogen) atoms. The number of rotatable bonds is 2. The molecule has 1 unspecified atom stereocenters. The van der Waals surface area contributed by atoms with Crippen LogP contribution in [0, 0.1) is 0 Å². The summed E-state index contributed by atoms with van der Waals surface area (Å²) in [7, 11) is 0. The molecule has 0 amide bonds. The third kappa shape index (κ3) is 1.91. The topological polar surface area (TPSA) is 12.0 Å². The Kier molecular flexibility index (Phi) is 2.79. The van der Waals surface area contributed by atoms with Crippen LogP contribution < -0.4 is 5.32 Å². The lowest BCUT2D eigenvalue weighted by Crippen LogP contribution is -2.14. The second-order valence-electron chi connectivity index (χ2n) is 5.47. The quantitative estimate of drug-likeness (QED) is 0.726. The Hall–Kier alpha value is -2.12. The van der Waals surface area contributed by atoms with Gasteiger partial charge in [0, 0.05) is 12.6 Å². The lowest BCUT2D eigenvalue weighted by atomic mass is 9.95. The molecule has 1 aliphatic heterocycles. The highest BCUT2D eigenvalue weighted by atomic mass is 14.9. The van der Waals surface area contributed by atoms with Gasteiger partial charge in [-0.15, -0.1) is 0 Å². The average molecular weight is 259 g/mol. The second-order valence-corrected chi connectivity index (χ2v) is 5.47. The SMILES string of the molecule is c1ccc2c(c1)CNC2Cc1cccc2ccccc12. The van der Waals surface area contributed by atoms with Gasteiger partial charge in [0.1, 0.15) is 0 Å². The Morgan fingerprint density at radius 1 is 0.850 bits per heavy atom. The monoisotopic (exact) mass is 259 g/mol. The summed E-state index contributed by atoms with van der Waals surface area (Å²) >= 11 is 0. The summed E-state index contributed by atoms with van der Waals surface area (Å²) < 4.78 is 0. The van der Waals surface area contributed by atoms with Crippen molar-refractivity contribution >= 4 is 10.8 Å². The van der Waals surface area contributed by atoms with Crippen LogP contribution in [0.4, 0.5) is 0 Å². The van der Waals surface area contributed by atoms with Crippen molar-refractivity contribution in [2.45, 2.75) is 19.0 Å². The molecule has 1 atom stereocenters. The maximum Gasteiger partial charge on any atom is 0.0367 e. The molecule has 98 valence electrons. The Morgan fingerprint density at radius 2 is 1.65 bits per heavy atom. The van der Waals surface area contributed by atoms with Crippen LogP contribution in [-0.2, 0) is 13.0 Å². The molecular weight excluding hydrogens is 242 g/mol. The first kappa shape index (κ1) is 11.7. The largest absolute Gasteiger partial charge is 0.306 e. The Labute approximate surface area is 119 Å². The van der Waals surface area contributed by atoms with E-state index in [2.05, 4.69) is 72.0 Å².